The second-order valence-electron chi connectivity index (χ2n) is 4.21. The lowest BCUT2D eigenvalue weighted by atomic mass is 10.4. The van der Waals surface area contributed by atoms with E-state index in [1.807, 2.05) is 11.6 Å². The zero-order valence-electron chi connectivity index (χ0n) is 10.8. The molecule has 0 bridgehead atoms. The molecular weight excluding hydrogens is 251 g/mol. The molecule has 1 aliphatic heterocycles. The molecule has 1 aromatic rings. The first-order chi connectivity index (χ1) is 8.63. The van der Waals surface area contributed by atoms with Gasteiger partial charge in [-0.05, 0) is 13.0 Å². The van der Waals surface area contributed by atoms with Crippen molar-refractivity contribution in [2.75, 3.05) is 44.4 Å². The number of hydrogen-bond donors (Lipinski definition) is 0. The summed E-state index contributed by atoms with van der Waals surface area (Å²) < 4.78 is 19.5. The predicted octanol–water partition coefficient (Wildman–Crippen LogP) is 1.46. The first-order valence-corrected chi connectivity index (χ1v) is 8.15. The van der Waals surface area contributed by atoms with Crippen LogP contribution in [0.1, 0.15) is 6.92 Å². The molecule has 1 unspecified atom stereocenters. The van der Waals surface area contributed by atoms with Crippen LogP contribution >= 0.6 is 7.52 Å². The van der Waals surface area contributed by atoms with Crippen molar-refractivity contribution in [3.05, 3.63) is 18.5 Å². The zero-order chi connectivity index (χ0) is 13.0. The molecule has 6 nitrogen and oxygen atoms in total. The Labute approximate surface area is 107 Å². The van der Waals surface area contributed by atoms with Crippen LogP contribution in [-0.2, 0) is 9.09 Å². The summed E-state index contributed by atoms with van der Waals surface area (Å²) in [5, 5.41) is 0. The van der Waals surface area contributed by atoms with Crippen molar-refractivity contribution in [2.24, 2.45) is 0 Å². The standard InChI is InChI=1S/C11H19N4O2P/c1-3-17-18(2,16)15-9-7-14(8-10-15)11-12-5-4-6-13-11/h4-6H,3,7-10H2,1-2H3. The molecule has 1 saturated heterocycles. The van der Waals surface area contributed by atoms with Crippen molar-refractivity contribution in [3.63, 3.8) is 0 Å². The molecule has 1 fully saturated rings. The Hall–Kier alpha value is -0.970. The molecular formula is C11H19N4O2P. The zero-order valence-corrected chi connectivity index (χ0v) is 11.7. The van der Waals surface area contributed by atoms with Gasteiger partial charge >= 0.3 is 0 Å². The molecule has 0 saturated carbocycles. The quantitative estimate of drug-likeness (QED) is 0.772. The fraction of sp³-hybridized carbons (Fsp3) is 0.636. The van der Waals surface area contributed by atoms with Gasteiger partial charge in [-0.1, -0.05) is 0 Å². The Morgan fingerprint density at radius 3 is 2.44 bits per heavy atom. The first kappa shape index (κ1) is 13.5. The van der Waals surface area contributed by atoms with Crippen LogP contribution in [0.15, 0.2) is 18.5 Å². The summed E-state index contributed by atoms with van der Waals surface area (Å²) in [5.74, 6) is 0.736. The van der Waals surface area contributed by atoms with Crippen molar-refractivity contribution < 1.29 is 9.09 Å². The molecule has 0 amide bonds. The predicted molar refractivity (Wildman–Crippen MR) is 71.0 cm³/mol. The minimum atomic E-state index is -2.62. The van der Waals surface area contributed by atoms with Crippen LogP contribution in [0, 0.1) is 0 Å². The second-order valence-corrected chi connectivity index (χ2v) is 6.64. The number of rotatable bonds is 4. The van der Waals surface area contributed by atoms with E-state index < -0.39 is 7.52 Å². The fourth-order valence-electron chi connectivity index (χ4n) is 2.03. The van der Waals surface area contributed by atoms with Gasteiger partial charge in [-0.3, -0.25) is 4.57 Å². The van der Waals surface area contributed by atoms with E-state index in [1.165, 1.54) is 0 Å². The molecule has 100 valence electrons. The summed E-state index contributed by atoms with van der Waals surface area (Å²) in [7, 11) is -2.62. The normalized spacial score (nSPS) is 20.7. The number of nitrogens with zero attached hydrogens (tertiary/aromatic N) is 4. The molecule has 1 aliphatic rings. The third-order valence-corrected chi connectivity index (χ3v) is 5.14. The average molecular weight is 270 g/mol. The van der Waals surface area contributed by atoms with Gasteiger partial charge in [0.25, 0.3) is 7.52 Å². The van der Waals surface area contributed by atoms with Crippen LogP contribution in [0.25, 0.3) is 0 Å². The van der Waals surface area contributed by atoms with Gasteiger partial charge in [0.15, 0.2) is 0 Å². The summed E-state index contributed by atoms with van der Waals surface area (Å²) in [6.07, 6.45) is 3.47. The van der Waals surface area contributed by atoms with Crippen molar-refractivity contribution >= 4 is 13.5 Å². The Balaban J connectivity index is 1.94. The molecule has 0 radical (unpaired) electrons. The Kier molecular flexibility index (Phi) is 4.32. The van der Waals surface area contributed by atoms with Gasteiger partial charge in [0.2, 0.25) is 5.95 Å². The molecule has 2 heterocycles. The maximum Gasteiger partial charge on any atom is 0.269 e. The van der Waals surface area contributed by atoms with E-state index in [4.69, 9.17) is 4.52 Å². The van der Waals surface area contributed by atoms with Gasteiger partial charge in [0, 0.05) is 45.2 Å². The molecule has 0 spiro atoms. The van der Waals surface area contributed by atoms with E-state index in [9.17, 15) is 4.57 Å². The molecule has 1 atom stereocenters. The maximum atomic E-state index is 12.3. The SMILES string of the molecule is CCOP(C)(=O)N1CCN(c2ncccn2)CC1. The van der Waals surface area contributed by atoms with Gasteiger partial charge in [-0.2, -0.15) is 0 Å². The number of hydrogen-bond acceptors (Lipinski definition) is 5. The maximum absolute atomic E-state index is 12.3. The van der Waals surface area contributed by atoms with Crippen LogP contribution in [0.3, 0.4) is 0 Å². The molecule has 7 heteroatoms. The molecule has 0 aliphatic carbocycles. The van der Waals surface area contributed by atoms with Crippen LogP contribution in [0.5, 0.6) is 0 Å². The fourth-order valence-corrected chi connectivity index (χ4v) is 3.58. The Bertz CT molecular complexity index is 420. The molecule has 18 heavy (non-hydrogen) atoms. The van der Waals surface area contributed by atoms with Crippen molar-refractivity contribution in [3.8, 4) is 0 Å². The summed E-state index contributed by atoms with van der Waals surface area (Å²) in [4.78, 5) is 10.5. The second kappa shape index (κ2) is 5.78. The highest BCUT2D eigenvalue weighted by Crippen LogP contribution is 2.47. The number of piperazine rings is 1. The van der Waals surface area contributed by atoms with Crippen LogP contribution in [0.2, 0.25) is 0 Å². The van der Waals surface area contributed by atoms with Crippen molar-refractivity contribution in [1.29, 1.82) is 0 Å². The Morgan fingerprint density at radius 1 is 1.28 bits per heavy atom. The van der Waals surface area contributed by atoms with E-state index in [0.29, 0.717) is 19.7 Å². The summed E-state index contributed by atoms with van der Waals surface area (Å²) in [6.45, 7) is 7.01. The Morgan fingerprint density at radius 2 is 1.89 bits per heavy atom. The summed E-state index contributed by atoms with van der Waals surface area (Å²) in [6, 6.07) is 1.80. The molecule has 0 N–H and O–H groups in total. The van der Waals surface area contributed by atoms with Crippen molar-refractivity contribution in [1.82, 2.24) is 14.6 Å². The average Bonchev–Trinajstić information content (AvgIpc) is 2.40. The van der Waals surface area contributed by atoms with Crippen LogP contribution in [-0.4, -0.2) is 54.1 Å². The van der Waals surface area contributed by atoms with E-state index >= 15 is 0 Å². The largest absolute Gasteiger partial charge is 0.338 e. The monoisotopic (exact) mass is 270 g/mol. The van der Waals surface area contributed by atoms with Gasteiger partial charge < -0.3 is 9.42 Å². The lowest BCUT2D eigenvalue weighted by molar-refractivity contribution is 0.267. The minimum Gasteiger partial charge on any atom is -0.338 e. The van der Waals surface area contributed by atoms with Crippen molar-refractivity contribution in [2.45, 2.75) is 6.92 Å². The highest BCUT2D eigenvalue weighted by atomic mass is 31.2. The molecule has 0 aromatic carbocycles. The van der Waals surface area contributed by atoms with E-state index in [1.54, 1.807) is 25.1 Å². The number of aromatic nitrogens is 2. The smallest absolute Gasteiger partial charge is 0.269 e. The molecule has 1 aromatic heterocycles. The van der Waals surface area contributed by atoms with Crippen LogP contribution in [0.4, 0.5) is 5.95 Å². The third-order valence-electron chi connectivity index (χ3n) is 2.97. The van der Waals surface area contributed by atoms with Gasteiger partial charge in [0.1, 0.15) is 0 Å². The van der Waals surface area contributed by atoms with E-state index in [0.717, 1.165) is 19.0 Å². The first-order valence-electron chi connectivity index (χ1n) is 6.13. The van der Waals surface area contributed by atoms with Gasteiger partial charge in [-0.15, -0.1) is 0 Å². The van der Waals surface area contributed by atoms with Crippen LogP contribution < -0.4 is 4.90 Å². The summed E-state index contributed by atoms with van der Waals surface area (Å²) in [5.41, 5.74) is 0. The van der Waals surface area contributed by atoms with E-state index in [-0.39, 0.29) is 0 Å². The van der Waals surface area contributed by atoms with E-state index in [2.05, 4.69) is 14.9 Å². The number of anilines is 1. The topological polar surface area (TPSA) is 58.6 Å². The highest BCUT2D eigenvalue weighted by Gasteiger charge is 2.29. The van der Waals surface area contributed by atoms with Gasteiger partial charge in [-0.25, -0.2) is 14.6 Å². The summed E-state index contributed by atoms with van der Waals surface area (Å²) >= 11 is 0. The lowest BCUT2D eigenvalue weighted by Gasteiger charge is -2.36. The molecule has 2 rings (SSSR count). The highest BCUT2D eigenvalue weighted by molar-refractivity contribution is 7.55. The third kappa shape index (κ3) is 3.07. The lowest BCUT2D eigenvalue weighted by Crippen LogP contribution is -2.45. The minimum absolute atomic E-state index is 0.482. The van der Waals surface area contributed by atoms with Gasteiger partial charge in [0.05, 0.1) is 6.61 Å².